The Morgan fingerprint density at radius 2 is 1.26 bits per heavy atom. The third kappa shape index (κ3) is 3.41. The summed E-state index contributed by atoms with van der Waals surface area (Å²) >= 11 is 0. The Labute approximate surface area is 216 Å². The van der Waals surface area contributed by atoms with Crippen molar-refractivity contribution in [2.75, 3.05) is 0 Å². The van der Waals surface area contributed by atoms with E-state index in [1.54, 1.807) is 0 Å². The van der Waals surface area contributed by atoms with Crippen LogP contribution in [-0.2, 0) is 21.1 Å². The standard InChI is InChI=1S/C30H18N4.Pt/c1-3-11-21(12-4-1)23-15-9-19-27-29(23)32-30-33(27)25-17-7-8-18-26(25)34(30)28-20-10-16-24(31-28)22-13-5-2-6-14-22;/h1-11,13,15-20H;/q-2;+2. The van der Waals surface area contributed by atoms with E-state index in [0.717, 1.165) is 56.0 Å². The van der Waals surface area contributed by atoms with Gasteiger partial charge in [0.25, 0.3) is 0 Å². The number of benzene rings is 4. The third-order valence-electron chi connectivity index (χ3n) is 6.18. The minimum absolute atomic E-state index is 0. The van der Waals surface area contributed by atoms with Crippen LogP contribution in [0.4, 0.5) is 0 Å². The summed E-state index contributed by atoms with van der Waals surface area (Å²) in [7, 11) is 0. The average molecular weight is 630 g/mol. The molecule has 0 aliphatic rings. The van der Waals surface area contributed by atoms with Crippen LogP contribution >= 0.6 is 0 Å². The molecule has 0 N–H and O–H groups in total. The van der Waals surface area contributed by atoms with Crippen LogP contribution in [0.3, 0.4) is 0 Å². The Hall–Kier alpha value is -4.01. The van der Waals surface area contributed by atoms with Crippen molar-refractivity contribution in [3.05, 3.63) is 121 Å². The van der Waals surface area contributed by atoms with Gasteiger partial charge in [-0.25, -0.2) is 4.98 Å². The fourth-order valence-corrected chi connectivity index (χ4v) is 4.68. The molecule has 3 heterocycles. The van der Waals surface area contributed by atoms with Gasteiger partial charge in [-0.15, -0.1) is 71.8 Å². The number of rotatable bonds is 3. The van der Waals surface area contributed by atoms with Crippen LogP contribution in [0.15, 0.2) is 109 Å². The fraction of sp³-hybridized carbons (Fsp3) is 0. The Balaban J connectivity index is 0.00000229. The molecular formula is C30H18N4Pt. The first-order valence-electron chi connectivity index (χ1n) is 11.2. The van der Waals surface area contributed by atoms with Crippen molar-refractivity contribution in [3.8, 4) is 28.2 Å². The molecule has 5 heteroatoms. The molecule has 0 atom stereocenters. The molecule has 35 heavy (non-hydrogen) atoms. The summed E-state index contributed by atoms with van der Waals surface area (Å²) in [5.41, 5.74) is 8.11. The summed E-state index contributed by atoms with van der Waals surface area (Å²) in [6.07, 6.45) is 0. The van der Waals surface area contributed by atoms with Crippen molar-refractivity contribution in [3.63, 3.8) is 0 Å². The van der Waals surface area contributed by atoms with Gasteiger partial charge in [0, 0.05) is 0 Å². The largest absolute Gasteiger partial charge is 2.00 e. The number of nitrogens with zero attached hydrogens (tertiary/aromatic N) is 4. The Morgan fingerprint density at radius 1 is 0.571 bits per heavy atom. The van der Waals surface area contributed by atoms with E-state index in [4.69, 9.17) is 9.97 Å². The van der Waals surface area contributed by atoms with Crippen LogP contribution < -0.4 is 0 Å². The second-order valence-electron chi connectivity index (χ2n) is 8.18. The van der Waals surface area contributed by atoms with E-state index in [2.05, 4.69) is 69.6 Å². The van der Waals surface area contributed by atoms with E-state index in [1.165, 1.54) is 0 Å². The zero-order valence-corrected chi connectivity index (χ0v) is 20.8. The molecule has 168 valence electrons. The van der Waals surface area contributed by atoms with Crippen LogP contribution in [-0.4, -0.2) is 18.9 Å². The van der Waals surface area contributed by atoms with E-state index in [9.17, 15) is 0 Å². The first-order chi connectivity index (χ1) is 16.9. The number of pyridine rings is 1. The summed E-state index contributed by atoms with van der Waals surface area (Å²) in [4.78, 5) is 10.2. The van der Waals surface area contributed by atoms with Crippen molar-refractivity contribution >= 4 is 27.8 Å². The number of imidazole rings is 2. The molecule has 0 unspecified atom stereocenters. The molecule has 0 amide bonds. The number of para-hydroxylation sites is 3. The number of hydrogen-bond donors (Lipinski definition) is 0. The first kappa shape index (κ1) is 21.5. The van der Waals surface area contributed by atoms with Crippen LogP contribution in [0.1, 0.15) is 0 Å². The SMILES string of the molecule is [Pt+2].[c-]1ccccc1-c1cccc(-n2c3ccccc3n3c4cccc(-c5[c-]cccc5)c4nc23)n1. The second-order valence-corrected chi connectivity index (χ2v) is 8.18. The molecule has 0 radical (unpaired) electrons. The Kier molecular flexibility index (Phi) is 5.32. The maximum atomic E-state index is 5.17. The minimum atomic E-state index is 0. The second kappa shape index (κ2) is 8.65. The molecule has 7 aromatic rings. The molecule has 4 nitrogen and oxygen atoms in total. The maximum Gasteiger partial charge on any atom is 2.00 e. The predicted molar refractivity (Wildman–Crippen MR) is 136 cm³/mol. The molecule has 0 saturated carbocycles. The van der Waals surface area contributed by atoms with E-state index in [0.29, 0.717) is 0 Å². The first-order valence-corrected chi connectivity index (χ1v) is 11.2. The van der Waals surface area contributed by atoms with Gasteiger partial charge < -0.3 is 0 Å². The zero-order valence-electron chi connectivity index (χ0n) is 18.5. The zero-order chi connectivity index (χ0) is 22.5. The van der Waals surface area contributed by atoms with Crippen LogP contribution in [0.2, 0.25) is 0 Å². The van der Waals surface area contributed by atoms with Gasteiger partial charge in [0.15, 0.2) is 0 Å². The predicted octanol–water partition coefficient (Wildman–Crippen LogP) is 6.76. The molecule has 0 aliphatic heterocycles. The molecule has 3 aromatic heterocycles. The summed E-state index contributed by atoms with van der Waals surface area (Å²) in [5, 5.41) is 0. The van der Waals surface area contributed by atoms with Crippen LogP contribution in [0.25, 0.3) is 56.0 Å². The van der Waals surface area contributed by atoms with Crippen molar-refractivity contribution in [2.45, 2.75) is 0 Å². The van der Waals surface area contributed by atoms with Gasteiger partial charge in [0.2, 0.25) is 5.78 Å². The van der Waals surface area contributed by atoms with Gasteiger partial charge >= 0.3 is 21.1 Å². The van der Waals surface area contributed by atoms with Gasteiger partial charge in [0.05, 0.1) is 22.1 Å². The normalized spacial score (nSPS) is 11.2. The van der Waals surface area contributed by atoms with Gasteiger partial charge in [-0.2, -0.15) is 0 Å². The Morgan fingerprint density at radius 3 is 2.03 bits per heavy atom. The van der Waals surface area contributed by atoms with Crippen LogP contribution in [0, 0.1) is 12.1 Å². The van der Waals surface area contributed by atoms with Crippen molar-refractivity contribution < 1.29 is 21.1 Å². The van der Waals surface area contributed by atoms with E-state index >= 15 is 0 Å². The van der Waals surface area contributed by atoms with Gasteiger partial charge in [0.1, 0.15) is 5.82 Å². The average Bonchev–Trinajstić information content (AvgIpc) is 3.44. The molecular weight excluding hydrogens is 611 g/mol. The molecule has 0 fully saturated rings. The van der Waals surface area contributed by atoms with E-state index in [-0.39, 0.29) is 21.1 Å². The van der Waals surface area contributed by atoms with Gasteiger partial charge in [-0.3, -0.25) is 14.0 Å². The molecule has 7 rings (SSSR count). The Bertz CT molecular complexity index is 1800. The maximum absolute atomic E-state index is 5.17. The molecule has 0 saturated heterocycles. The van der Waals surface area contributed by atoms with Crippen molar-refractivity contribution in [1.29, 1.82) is 0 Å². The number of fused-ring (bicyclic) bond motifs is 5. The topological polar surface area (TPSA) is 35.1 Å². The van der Waals surface area contributed by atoms with Crippen molar-refractivity contribution in [2.24, 2.45) is 0 Å². The third-order valence-corrected chi connectivity index (χ3v) is 6.18. The molecule has 0 aliphatic carbocycles. The smallest absolute Gasteiger partial charge is 0.280 e. The molecule has 0 spiro atoms. The van der Waals surface area contributed by atoms with Crippen molar-refractivity contribution in [1.82, 2.24) is 18.9 Å². The molecule has 4 aromatic carbocycles. The number of hydrogen-bond acceptors (Lipinski definition) is 2. The van der Waals surface area contributed by atoms with Gasteiger partial charge in [-0.1, -0.05) is 42.0 Å². The quantitative estimate of drug-likeness (QED) is 0.203. The fourth-order valence-electron chi connectivity index (χ4n) is 4.68. The van der Waals surface area contributed by atoms with Gasteiger partial charge in [-0.05, 0) is 30.0 Å². The molecule has 0 bridgehead atoms. The van der Waals surface area contributed by atoms with E-state index in [1.807, 2.05) is 60.7 Å². The summed E-state index contributed by atoms with van der Waals surface area (Å²) in [6.45, 7) is 0. The monoisotopic (exact) mass is 629 g/mol. The number of aromatic nitrogens is 4. The summed E-state index contributed by atoms with van der Waals surface area (Å²) < 4.78 is 4.36. The van der Waals surface area contributed by atoms with E-state index < -0.39 is 0 Å². The summed E-state index contributed by atoms with van der Waals surface area (Å²) in [5.74, 6) is 1.66. The minimum Gasteiger partial charge on any atom is -0.280 e. The van der Waals surface area contributed by atoms with Crippen LogP contribution in [0.5, 0.6) is 0 Å². The summed E-state index contributed by atoms with van der Waals surface area (Å²) in [6, 6.07) is 43.4.